The Bertz CT molecular complexity index is 592. The third-order valence-electron chi connectivity index (χ3n) is 4.71. The first-order valence-electron chi connectivity index (χ1n) is 8.51. The molecule has 3 nitrogen and oxygen atoms in total. The summed E-state index contributed by atoms with van der Waals surface area (Å²) in [4.78, 5) is 5.05. The molecule has 1 heterocycles. The Morgan fingerprint density at radius 1 is 0.739 bits per heavy atom. The summed E-state index contributed by atoms with van der Waals surface area (Å²) >= 11 is 0. The average Bonchev–Trinajstić information content (AvgIpc) is 2.62. The molecule has 0 unspecified atom stereocenters. The molecule has 0 atom stereocenters. The highest BCUT2D eigenvalue weighted by molar-refractivity contribution is 5.26. The van der Waals surface area contributed by atoms with Crippen LogP contribution in [0.2, 0.25) is 0 Å². The number of benzene rings is 2. The maximum Gasteiger partial charge on any atom is 0.0685 e. The van der Waals surface area contributed by atoms with Crippen molar-refractivity contribution in [3.8, 4) is 0 Å². The van der Waals surface area contributed by atoms with Gasteiger partial charge in [0.2, 0.25) is 0 Å². The predicted octanol–water partition coefficient (Wildman–Crippen LogP) is 2.54. The molecule has 0 aromatic heterocycles. The van der Waals surface area contributed by atoms with Crippen molar-refractivity contribution in [1.82, 2.24) is 9.80 Å². The Labute approximate surface area is 139 Å². The summed E-state index contributed by atoms with van der Waals surface area (Å²) in [7, 11) is 0. The van der Waals surface area contributed by atoms with E-state index in [1.165, 1.54) is 11.1 Å². The molecule has 0 radical (unpaired) electrons. The fourth-order valence-corrected chi connectivity index (χ4v) is 3.21. The van der Waals surface area contributed by atoms with E-state index < -0.39 is 0 Å². The Morgan fingerprint density at radius 3 is 2.04 bits per heavy atom. The second kappa shape index (κ2) is 8.25. The van der Waals surface area contributed by atoms with Crippen LogP contribution in [-0.2, 0) is 19.6 Å². The van der Waals surface area contributed by atoms with Crippen molar-refractivity contribution < 1.29 is 5.11 Å². The molecule has 23 heavy (non-hydrogen) atoms. The van der Waals surface area contributed by atoms with Crippen LogP contribution in [-0.4, -0.2) is 47.6 Å². The molecule has 1 aliphatic rings. The number of piperazine rings is 1. The van der Waals surface area contributed by atoms with E-state index in [9.17, 15) is 5.11 Å². The lowest BCUT2D eigenvalue weighted by atomic mass is 10.1. The molecule has 0 bridgehead atoms. The van der Waals surface area contributed by atoms with Crippen molar-refractivity contribution in [2.75, 3.05) is 32.7 Å². The molecule has 122 valence electrons. The Kier molecular flexibility index (Phi) is 5.81. The molecule has 0 saturated carbocycles. The average molecular weight is 310 g/mol. The van der Waals surface area contributed by atoms with Crippen LogP contribution in [0.15, 0.2) is 54.6 Å². The fraction of sp³-hybridized carbons (Fsp3) is 0.400. The number of nitrogens with zero attached hydrogens (tertiary/aromatic N) is 2. The van der Waals surface area contributed by atoms with Crippen molar-refractivity contribution in [3.05, 3.63) is 71.3 Å². The fourth-order valence-electron chi connectivity index (χ4n) is 3.21. The van der Waals surface area contributed by atoms with Gasteiger partial charge in [0, 0.05) is 39.3 Å². The summed E-state index contributed by atoms with van der Waals surface area (Å²) in [5.74, 6) is 0. The second-order valence-electron chi connectivity index (χ2n) is 6.28. The molecule has 1 N–H and O–H groups in total. The molecule has 0 spiro atoms. The molecule has 1 fully saturated rings. The molecule has 0 amide bonds. The number of aliphatic hydroxyl groups excluding tert-OH is 1. The molecule has 3 rings (SSSR count). The highest BCUT2D eigenvalue weighted by Crippen LogP contribution is 2.14. The van der Waals surface area contributed by atoms with Crippen molar-refractivity contribution >= 4 is 0 Å². The van der Waals surface area contributed by atoms with Crippen LogP contribution in [0.5, 0.6) is 0 Å². The van der Waals surface area contributed by atoms with Gasteiger partial charge in [0.15, 0.2) is 0 Å². The first-order chi connectivity index (χ1) is 11.3. The maximum atomic E-state index is 9.44. The quantitative estimate of drug-likeness (QED) is 0.888. The van der Waals surface area contributed by atoms with Gasteiger partial charge in [-0.3, -0.25) is 4.90 Å². The van der Waals surface area contributed by atoms with Gasteiger partial charge in [-0.2, -0.15) is 0 Å². The van der Waals surface area contributed by atoms with E-state index in [0.29, 0.717) is 0 Å². The zero-order valence-corrected chi connectivity index (χ0v) is 13.7. The lowest BCUT2D eigenvalue weighted by Gasteiger charge is -2.35. The van der Waals surface area contributed by atoms with Gasteiger partial charge in [-0.15, -0.1) is 0 Å². The normalized spacial score (nSPS) is 16.6. The first-order valence-corrected chi connectivity index (χ1v) is 8.51. The summed E-state index contributed by atoms with van der Waals surface area (Å²) in [5.41, 5.74) is 3.73. The summed E-state index contributed by atoms with van der Waals surface area (Å²) in [6.45, 7) is 6.70. The van der Waals surface area contributed by atoms with Crippen LogP contribution in [0.4, 0.5) is 0 Å². The topological polar surface area (TPSA) is 26.7 Å². The number of aliphatic hydroxyl groups is 1. The summed E-state index contributed by atoms with van der Waals surface area (Å²) in [5, 5.41) is 9.44. The van der Waals surface area contributed by atoms with Crippen LogP contribution < -0.4 is 0 Å². The van der Waals surface area contributed by atoms with Gasteiger partial charge in [0.1, 0.15) is 0 Å². The largest absolute Gasteiger partial charge is 0.392 e. The molecule has 3 heteroatoms. The SMILES string of the molecule is OCc1ccccc1CN1CCN(CCc2ccccc2)CC1. The molecular formula is C20H26N2O. The van der Waals surface area contributed by atoms with Gasteiger partial charge in [0.05, 0.1) is 6.61 Å². The van der Waals surface area contributed by atoms with Crippen molar-refractivity contribution in [1.29, 1.82) is 0 Å². The molecular weight excluding hydrogens is 284 g/mol. The third-order valence-corrected chi connectivity index (χ3v) is 4.71. The molecule has 1 aliphatic heterocycles. The van der Waals surface area contributed by atoms with Gasteiger partial charge in [0.25, 0.3) is 0 Å². The monoisotopic (exact) mass is 310 g/mol. The van der Waals surface area contributed by atoms with Crippen molar-refractivity contribution in [2.24, 2.45) is 0 Å². The van der Waals surface area contributed by atoms with Gasteiger partial charge in [-0.25, -0.2) is 0 Å². The van der Waals surface area contributed by atoms with Gasteiger partial charge < -0.3 is 10.0 Å². The van der Waals surface area contributed by atoms with Crippen LogP contribution in [0.25, 0.3) is 0 Å². The lowest BCUT2D eigenvalue weighted by molar-refractivity contribution is 0.127. The van der Waals surface area contributed by atoms with Crippen LogP contribution in [0.1, 0.15) is 16.7 Å². The number of hydrogen-bond acceptors (Lipinski definition) is 3. The Hall–Kier alpha value is -1.68. The first kappa shape index (κ1) is 16.2. The predicted molar refractivity (Wildman–Crippen MR) is 94.2 cm³/mol. The van der Waals surface area contributed by atoms with Gasteiger partial charge in [-0.1, -0.05) is 54.6 Å². The zero-order valence-electron chi connectivity index (χ0n) is 13.7. The second-order valence-corrected chi connectivity index (χ2v) is 6.28. The number of hydrogen-bond donors (Lipinski definition) is 1. The zero-order chi connectivity index (χ0) is 15.9. The van der Waals surface area contributed by atoms with Crippen LogP contribution in [0, 0.1) is 0 Å². The maximum absolute atomic E-state index is 9.44. The van der Waals surface area contributed by atoms with Crippen molar-refractivity contribution in [3.63, 3.8) is 0 Å². The number of rotatable bonds is 6. The molecule has 2 aromatic carbocycles. The lowest BCUT2D eigenvalue weighted by Crippen LogP contribution is -2.46. The van der Waals surface area contributed by atoms with Crippen LogP contribution in [0.3, 0.4) is 0 Å². The smallest absolute Gasteiger partial charge is 0.0685 e. The molecule has 1 saturated heterocycles. The van der Waals surface area contributed by atoms with E-state index in [2.05, 4.69) is 52.3 Å². The Balaban J connectivity index is 1.45. The van der Waals surface area contributed by atoms with Gasteiger partial charge >= 0.3 is 0 Å². The van der Waals surface area contributed by atoms with Gasteiger partial charge in [-0.05, 0) is 23.1 Å². The summed E-state index contributed by atoms with van der Waals surface area (Å²) < 4.78 is 0. The third kappa shape index (κ3) is 4.64. The Morgan fingerprint density at radius 2 is 1.35 bits per heavy atom. The van der Waals surface area contributed by atoms with E-state index in [1.54, 1.807) is 0 Å². The summed E-state index contributed by atoms with van der Waals surface area (Å²) in [6.07, 6.45) is 1.13. The molecule has 0 aliphatic carbocycles. The van der Waals surface area contributed by atoms with Crippen molar-refractivity contribution in [2.45, 2.75) is 19.6 Å². The van der Waals surface area contributed by atoms with Crippen LogP contribution >= 0.6 is 0 Å². The summed E-state index contributed by atoms with van der Waals surface area (Å²) in [6, 6.07) is 18.9. The highest BCUT2D eigenvalue weighted by Gasteiger charge is 2.17. The van der Waals surface area contributed by atoms with E-state index in [0.717, 1.165) is 51.3 Å². The van der Waals surface area contributed by atoms with E-state index in [4.69, 9.17) is 0 Å². The minimum absolute atomic E-state index is 0.132. The standard InChI is InChI=1S/C20H26N2O/c23-17-20-9-5-4-8-19(20)16-22-14-12-21(13-15-22)11-10-18-6-2-1-3-7-18/h1-9,23H,10-17H2. The minimum Gasteiger partial charge on any atom is -0.392 e. The van der Waals surface area contributed by atoms with E-state index in [-0.39, 0.29) is 6.61 Å². The highest BCUT2D eigenvalue weighted by atomic mass is 16.3. The van der Waals surface area contributed by atoms with E-state index >= 15 is 0 Å². The minimum atomic E-state index is 0.132. The van der Waals surface area contributed by atoms with E-state index in [1.807, 2.05) is 12.1 Å². The molecule has 2 aromatic rings.